The standard InChI is InChI=1S/C21H23F2N7O/c1-14-15(13-25-30(14)19-12-20(31)27-21(24)26-19)3-2-4-28-5-7-29(8-6-28)18-10-16(22)9-17(23)11-18/h2-3,9-13H,4-8H2,1H3,(H3,24,26,27,31). The van der Waals surface area contributed by atoms with E-state index in [9.17, 15) is 13.6 Å². The van der Waals surface area contributed by atoms with Crippen LogP contribution in [0.15, 0.2) is 41.3 Å². The van der Waals surface area contributed by atoms with Crippen LogP contribution in [0.1, 0.15) is 11.3 Å². The van der Waals surface area contributed by atoms with Crippen molar-refractivity contribution < 1.29 is 8.78 Å². The number of piperazine rings is 1. The zero-order chi connectivity index (χ0) is 22.0. The normalized spacial score (nSPS) is 15.1. The van der Waals surface area contributed by atoms with E-state index in [1.807, 2.05) is 24.0 Å². The highest BCUT2D eigenvalue weighted by atomic mass is 19.1. The molecule has 0 spiro atoms. The van der Waals surface area contributed by atoms with Crippen molar-refractivity contribution in [2.45, 2.75) is 6.92 Å². The van der Waals surface area contributed by atoms with Crippen LogP contribution in [-0.2, 0) is 0 Å². The maximum atomic E-state index is 13.4. The quantitative estimate of drug-likeness (QED) is 0.646. The lowest BCUT2D eigenvalue weighted by atomic mass is 10.2. The SMILES string of the molecule is Cc1c(C=CCN2CCN(c3cc(F)cc(F)c3)CC2)cnn1-c1cc(=O)[nH]c(N)n1. The summed E-state index contributed by atoms with van der Waals surface area (Å²) in [6.45, 7) is 5.61. The summed E-state index contributed by atoms with van der Waals surface area (Å²) in [5, 5.41) is 4.30. The molecule has 0 radical (unpaired) electrons. The number of benzene rings is 1. The van der Waals surface area contributed by atoms with Crippen molar-refractivity contribution >= 4 is 17.7 Å². The van der Waals surface area contributed by atoms with E-state index < -0.39 is 11.6 Å². The highest BCUT2D eigenvalue weighted by Crippen LogP contribution is 2.20. The Kier molecular flexibility index (Phi) is 5.81. The first kappa shape index (κ1) is 20.7. The molecule has 1 aliphatic heterocycles. The van der Waals surface area contributed by atoms with Gasteiger partial charge in [0.2, 0.25) is 5.95 Å². The Morgan fingerprint density at radius 3 is 2.52 bits per heavy atom. The third-order valence-corrected chi connectivity index (χ3v) is 5.26. The fraction of sp³-hybridized carbons (Fsp3) is 0.286. The lowest BCUT2D eigenvalue weighted by molar-refractivity contribution is 0.284. The second-order valence-corrected chi connectivity index (χ2v) is 7.40. The number of aromatic amines is 1. The van der Waals surface area contributed by atoms with Crippen LogP contribution < -0.4 is 16.2 Å². The zero-order valence-corrected chi connectivity index (χ0v) is 17.1. The molecule has 31 heavy (non-hydrogen) atoms. The molecule has 2 aromatic heterocycles. The zero-order valence-electron chi connectivity index (χ0n) is 17.1. The summed E-state index contributed by atoms with van der Waals surface area (Å²) in [5.74, 6) is -0.721. The van der Waals surface area contributed by atoms with E-state index >= 15 is 0 Å². The number of anilines is 2. The van der Waals surface area contributed by atoms with Crippen LogP contribution in [-0.4, -0.2) is 57.4 Å². The van der Waals surface area contributed by atoms with Gasteiger partial charge >= 0.3 is 0 Å². The van der Waals surface area contributed by atoms with Gasteiger partial charge in [0, 0.05) is 56.1 Å². The maximum absolute atomic E-state index is 13.4. The molecule has 0 atom stereocenters. The molecular weight excluding hydrogens is 404 g/mol. The van der Waals surface area contributed by atoms with Gasteiger partial charge in [-0.25, -0.2) is 13.5 Å². The Morgan fingerprint density at radius 1 is 1.13 bits per heavy atom. The predicted molar refractivity (Wildman–Crippen MR) is 115 cm³/mol. The number of H-pyrrole nitrogens is 1. The molecule has 0 bridgehead atoms. The minimum absolute atomic E-state index is 0.0367. The fourth-order valence-electron chi connectivity index (χ4n) is 3.63. The lowest BCUT2D eigenvalue weighted by Gasteiger charge is -2.35. The second kappa shape index (κ2) is 8.68. The van der Waals surface area contributed by atoms with E-state index in [1.165, 1.54) is 18.2 Å². The van der Waals surface area contributed by atoms with Crippen molar-refractivity contribution in [2.24, 2.45) is 0 Å². The highest BCUT2D eigenvalue weighted by Gasteiger charge is 2.17. The summed E-state index contributed by atoms with van der Waals surface area (Å²) in [4.78, 5) is 22.4. The average Bonchev–Trinajstić information content (AvgIpc) is 3.07. The summed E-state index contributed by atoms with van der Waals surface area (Å²) >= 11 is 0. The van der Waals surface area contributed by atoms with Gasteiger partial charge in [-0.2, -0.15) is 10.1 Å². The summed E-state index contributed by atoms with van der Waals surface area (Å²) in [5.41, 5.74) is 7.60. The van der Waals surface area contributed by atoms with Crippen LogP contribution in [0.4, 0.5) is 20.4 Å². The molecule has 0 unspecified atom stereocenters. The van der Waals surface area contributed by atoms with Gasteiger partial charge < -0.3 is 10.6 Å². The summed E-state index contributed by atoms with van der Waals surface area (Å²) in [6.07, 6.45) is 5.73. The Hall–Kier alpha value is -3.53. The summed E-state index contributed by atoms with van der Waals surface area (Å²) in [7, 11) is 0. The molecule has 1 saturated heterocycles. The number of nitrogens with two attached hydrogens (primary N) is 1. The lowest BCUT2D eigenvalue weighted by Crippen LogP contribution is -2.46. The summed E-state index contributed by atoms with van der Waals surface area (Å²) < 4.78 is 28.5. The van der Waals surface area contributed by atoms with Gasteiger partial charge in [-0.15, -0.1) is 0 Å². The van der Waals surface area contributed by atoms with Gasteiger partial charge in [-0.3, -0.25) is 14.7 Å². The van der Waals surface area contributed by atoms with Crippen LogP contribution in [0.5, 0.6) is 0 Å². The number of nitrogens with zero attached hydrogens (tertiary/aromatic N) is 5. The number of nitrogen functional groups attached to an aromatic ring is 1. The number of nitrogens with one attached hydrogen (secondary N) is 1. The van der Waals surface area contributed by atoms with Gasteiger partial charge in [-0.05, 0) is 19.1 Å². The van der Waals surface area contributed by atoms with E-state index in [2.05, 4.69) is 20.0 Å². The molecule has 3 N–H and O–H groups in total. The van der Waals surface area contributed by atoms with E-state index in [4.69, 9.17) is 5.73 Å². The monoisotopic (exact) mass is 427 g/mol. The van der Waals surface area contributed by atoms with Crippen molar-refractivity contribution in [3.8, 4) is 5.82 Å². The Bertz CT molecular complexity index is 1140. The summed E-state index contributed by atoms with van der Waals surface area (Å²) in [6, 6.07) is 4.95. The molecule has 3 aromatic rings. The Morgan fingerprint density at radius 2 is 1.84 bits per heavy atom. The maximum Gasteiger partial charge on any atom is 0.254 e. The average molecular weight is 427 g/mol. The smallest absolute Gasteiger partial charge is 0.254 e. The molecule has 4 rings (SSSR count). The van der Waals surface area contributed by atoms with E-state index in [0.29, 0.717) is 24.6 Å². The van der Waals surface area contributed by atoms with E-state index in [0.717, 1.165) is 37.0 Å². The molecule has 10 heteroatoms. The first-order valence-corrected chi connectivity index (χ1v) is 9.91. The molecule has 0 amide bonds. The number of halogens is 2. The molecular formula is C21H23F2N7O. The third kappa shape index (κ3) is 4.80. The highest BCUT2D eigenvalue weighted by molar-refractivity contribution is 5.52. The number of aromatic nitrogens is 4. The van der Waals surface area contributed by atoms with Crippen molar-refractivity contribution in [1.29, 1.82) is 0 Å². The first-order chi connectivity index (χ1) is 14.9. The van der Waals surface area contributed by atoms with Crippen molar-refractivity contribution in [3.05, 3.63) is 69.8 Å². The minimum atomic E-state index is -0.561. The fourth-order valence-corrected chi connectivity index (χ4v) is 3.63. The Labute approximate surface area is 177 Å². The van der Waals surface area contributed by atoms with Crippen LogP contribution in [0.3, 0.4) is 0 Å². The van der Waals surface area contributed by atoms with Crippen molar-refractivity contribution in [2.75, 3.05) is 43.4 Å². The number of rotatable bonds is 5. The molecule has 1 aromatic carbocycles. The van der Waals surface area contributed by atoms with Gasteiger partial charge in [0.1, 0.15) is 11.6 Å². The minimum Gasteiger partial charge on any atom is -0.369 e. The van der Waals surface area contributed by atoms with Crippen LogP contribution in [0.25, 0.3) is 11.9 Å². The molecule has 0 aliphatic carbocycles. The van der Waals surface area contributed by atoms with Crippen LogP contribution >= 0.6 is 0 Å². The van der Waals surface area contributed by atoms with Crippen LogP contribution in [0, 0.1) is 18.6 Å². The molecule has 1 fully saturated rings. The van der Waals surface area contributed by atoms with E-state index in [-0.39, 0.29) is 11.5 Å². The van der Waals surface area contributed by atoms with Gasteiger partial charge in [-0.1, -0.05) is 12.2 Å². The first-order valence-electron chi connectivity index (χ1n) is 9.91. The van der Waals surface area contributed by atoms with Crippen molar-refractivity contribution in [1.82, 2.24) is 24.6 Å². The molecule has 3 heterocycles. The number of hydrogen-bond acceptors (Lipinski definition) is 6. The van der Waals surface area contributed by atoms with E-state index in [1.54, 1.807) is 10.9 Å². The molecule has 1 aliphatic rings. The Balaban J connectivity index is 1.36. The molecule has 162 valence electrons. The van der Waals surface area contributed by atoms with Crippen molar-refractivity contribution in [3.63, 3.8) is 0 Å². The second-order valence-electron chi connectivity index (χ2n) is 7.40. The molecule has 0 saturated carbocycles. The predicted octanol–water partition coefficient (Wildman–Crippen LogP) is 1.96. The van der Waals surface area contributed by atoms with Gasteiger partial charge in [0.15, 0.2) is 5.82 Å². The van der Waals surface area contributed by atoms with Gasteiger partial charge in [0.05, 0.1) is 11.9 Å². The van der Waals surface area contributed by atoms with Crippen LogP contribution in [0.2, 0.25) is 0 Å². The third-order valence-electron chi connectivity index (χ3n) is 5.26. The number of hydrogen-bond donors (Lipinski definition) is 2. The molecule has 8 nitrogen and oxygen atoms in total. The largest absolute Gasteiger partial charge is 0.369 e. The van der Waals surface area contributed by atoms with Gasteiger partial charge in [0.25, 0.3) is 5.56 Å². The topological polar surface area (TPSA) is 96.1 Å².